The Morgan fingerprint density at radius 1 is 1.16 bits per heavy atom. The minimum Gasteiger partial charge on any atom is -0.334 e. The zero-order chi connectivity index (χ0) is 17.5. The molecule has 0 aliphatic rings. The first-order valence-corrected chi connectivity index (χ1v) is 9.54. The number of benzene rings is 1. The first-order chi connectivity index (χ1) is 12.3. The second kappa shape index (κ2) is 8.53. The molecule has 1 atom stereocenters. The van der Waals surface area contributed by atoms with Crippen molar-refractivity contribution in [1.82, 2.24) is 25.2 Å². The minimum absolute atomic E-state index is 0.194. The molecule has 3 rings (SSSR count). The second-order valence-electron chi connectivity index (χ2n) is 5.63. The molecule has 2 heterocycles. The van der Waals surface area contributed by atoms with Crippen LogP contribution in [0.2, 0.25) is 0 Å². The van der Waals surface area contributed by atoms with E-state index in [9.17, 15) is 4.79 Å². The van der Waals surface area contributed by atoms with E-state index in [2.05, 4.69) is 27.1 Å². The SMILES string of the molecule is CSCC[C@@H](NC(=O)NCc1ccccc1)c1nnc2ccccn12. The van der Waals surface area contributed by atoms with E-state index in [1.54, 1.807) is 11.8 Å². The number of thioether (sulfide) groups is 1. The summed E-state index contributed by atoms with van der Waals surface area (Å²) in [7, 11) is 0. The van der Waals surface area contributed by atoms with Gasteiger partial charge in [-0.05, 0) is 36.1 Å². The molecule has 7 heteroatoms. The van der Waals surface area contributed by atoms with Gasteiger partial charge < -0.3 is 10.6 Å². The van der Waals surface area contributed by atoms with Crippen LogP contribution in [0.3, 0.4) is 0 Å². The largest absolute Gasteiger partial charge is 0.334 e. The molecular formula is C18H21N5OS. The molecular weight excluding hydrogens is 334 g/mol. The molecule has 0 bridgehead atoms. The Hall–Kier alpha value is -2.54. The molecule has 0 fully saturated rings. The molecule has 3 aromatic rings. The molecule has 0 spiro atoms. The molecule has 2 amide bonds. The van der Waals surface area contributed by atoms with Crippen molar-refractivity contribution in [3.05, 3.63) is 66.1 Å². The van der Waals surface area contributed by atoms with Crippen LogP contribution in [0.15, 0.2) is 54.7 Å². The number of aromatic nitrogens is 3. The average molecular weight is 355 g/mol. The van der Waals surface area contributed by atoms with Gasteiger partial charge in [0.25, 0.3) is 0 Å². The summed E-state index contributed by atoms with van der Waals surface area (Å²) in [6, 6.07) is 15.2. The standard InChI is InChI=1S/C18H21N5OS/c1-25-12-10-15(17-22-21-16-9-5-6-11-23(16)17)20-18(24)19-13-14-7-3-2-4-8-14/h2-9,11,15H,10,12-13H2,1H3,(H2,19,20,24)/t15-/m1/s1. The number of carbonyl (C=O) groups is 1. The van der Waals surface area contributed by atoms with E-state index in [4.69, 9.17) is 0 Å². The van der Waals surface area contributed by atoms with Crippen molar-refractivity contribution in [3.63, 3.8) is 0 Å². The summed E-state index contributed by atoms with van der Waals surface area (Å²) in [5.74, 6) is 1.67. The number of pyridine rings is 1. The smallest absolute Gasteiger partial charge is 0.315 e. The molecule has 0 unspecified atom stereocenters. The Morgan fingerprint density at radius 3 is 2.76 bits per heavy atom. The van der Waals surface area contributed by atoms with E-state index in [1.165, 1.54) is 0 Å². The molecule has 0 aliphatic carbocycles. The zero-order valence-corrected chi connectivity index (χ0v) is 14.9. The Kier molecular flexibility index (Phi) is 5.90. The number of amides is 2. The van der Waals surface area contributed by atoms with Crippen LogP contribution < -0.4 is 10.6 Å². The molecule has 6 nitrogen and oxygen atoms in total. The minimum atomic E-state index is -0.206. The lowest BCUT2D eigenvalue weighted by Gasteiger charge is -2.17. The second-order valence-corrected chi connectivity index (χ2v) is 6.62. The van der Waals surface area contributed by atoms with Gasteiger partial charge >= 0.3 is 6.03 Å². The van der Waals surface area contributed by atoms with Crippen molar-refractivity contribution in [3.8, 4) is 0 Å². The van der Waals surface area contributed by atoms with Crippen molar-refractivity contribution in [1.29, 1.82) is 0 Å². The summed E-state index contributed by atoms with van der Waals surface area (Å²) >= 11 is 1.74. The van der Waals surface area contributed by atoms with Gasteiger partial charge in [0.1, 0.15) is 0 Å². The fourth-order valence-electron chi connectivity index (χ4n) is 2.59. The van der Waals surface area contributed by atoms with Crippen molar-refractivity contribution >= 4 is 23.4 Å². The zero-order valence-electron chi connectivity index (χ0n) is 14.1. The summed E-state index contributed by atoms with van der Waals surface area (Å²) < 4.78 is 1.92. The summed E-state index contributed by atoms with van der Waals surface area (Å²) in [5.41, 5.74) is 1.84. The van der Waals surface area contributed by atoms with Gasteiger partial charge in [0.05, 0.1) is 6.04 Å². The third kappa shape index (κ3) is 4.51. The molecule has 130 valence electrons. The summed E-state index contributed by atoms with van der Waals surface area (Å²) in [6.45, 7) is 0.489. The molecule has 2 N–H and O–H groups in total. The van der Waals surface area contributed by atoms with Crippen LogP contribution in [0.5, 0.6) is 0 Å². The van der Waals surface area contributed by atoms with Crippen molar-refractivity contribution < 1.29 is 4.79 Å². The summed E-state index contributed by atoms with van der Waals surface area (Å²) in [6.07, 6.45) is 4.75. The highest BCUT2D eigenvalue weighted by atomic mass is 32.2. The maximum atomic E-state index is 12.3. The van der Waals surface area contributed by atoms with E-state index < -0.39 is 0 Å². The Labute approximate surface area is 151 Å². The van der Waals surface area contributed by atoms with Gasteiger partial charge in [-0.25, -0.2) is 4.79 Å². The highest BCUT2D eigenvalue weighted by Gasteiger charge is 2.19. The first kappa shape index (κ1) is 17.3. The first-order valence-electron chi connectivity index (χ1n) is 8.15. The van der Waals surface area contributed by atoms with Crippen LogP contribution in [0.1, 0.15) is 23.9 Å². The Bertz CT molecular complexity index is 820. The highest BCUT2D eigenvalue weighted by Crippen LogP contribution is 2.18. The van der Waals surface area contributed by atoms with Crippen LogP contribution in [0.4, 0.5) is 4.79 Å². The van der Waals surface area contributed by atoms with E-state index in [1.807, 2.05) is 59.1 Å². The van der Waals surface area contributed by atoms with E-state index in [0.29, 0.717) is 6.54 Å². The lowest BCUT2D eigenvalue weighted by molar-refractivity contribution is 0.235. The number of nitrogens with zero attached hydrogens (tertiary/aromatic N) is 3. The van der Waals surface area contributed by atoms with Crippen molar-refractivity contribution in [2.75, 3.05) is 12.0 Å². The van der Waals surface area contributed by atoms with Gasteiger partial charge in [0, 0.05) is 12.7 Å². The number of hydrogen-bond acceptors (Lipinski definition) is 4. The van der Waals surface area contributed by atoms with Crippen molar-refractivity contribution in [2.45, 2.75) is 19.0 Å². The summed E-state index contributed by atoms with van der Waals surface area (Å²) in [4.78, 5) is 12.3. The molecule has 25 heavy (non-hydrogen) atoms. The average Bonchev–Trinajstić information content (AvgIpc) is 3.08. The van der Waals surface area contributed by atoms with E-state index in [0.717, 1.165) is 29.2 Å². The van der Waals surface area contributed by atoms with Gasteiger partial charge in [-0.2, -0.15) is 11.8 Å². The predicted octanol–water partition coefficient (Wildman–Crippen LogP) is 3.02. The quantitative estimate of drug-likeness (QED) is 0.683. The van der Waals surface area contributed by atoms with Crippen LogP contribution in [0, 0.1) is 0 Å². The molecule has 0 saturated heterocycles. The Balaban J connectivity index is 1.69. The van der Waals surface area contributed by atoms with Gasteiger partial charge in [0.2, 0.25) is 0 Å². The topological polar surface area (TPSA) is 71.3 Å². The fourth-order valence-corrected chi connectivity index (χ4v) is 3.06. The van der Waals surface area contributed by atoms with E-state index >= 15 is 0 Å². The maximum absolute atomic E-state index is 12.3. The molecule has 0 saturated carbocycles. The van der Waals surface area contributed by atoms with Gasteiger partial charge in [-0.3, -0.25) is 4.40 Å². The van der Waals surface area contributed by atoms with Crippen LogP contribution in [-0.4, -0.2) is 32.6 Å². The van der Waals surface area contributed by atoms with Crippen LogP contribution in [0.25, 0.3) is 5.65 Å². The molecule has 0 radical (unpaired) electrons. The lowest BCUT2D eigenvalue weighted by atomic mass is 10.2. The van der Waals surface area contributed by atoms with Gasteiger partial charge in [-0.15, -0.1) is 10.2 Å². The number of fused-ring (bicyclic) bond motifs is 1. The van der Waals surface area contributed by atoms with Crippen LogP contribution >= 0.6 is 11.8 Å². The molecule has 1 aromatic carbocycles. The number of nitrogens with one attached hydrogen (secondary N) is 2. The molecule has 2 aromatic heterocycles. The highest BCUT2D eigenvalue weighted by molar-refractivity contribution is 7.98. The lowest BCUT2D eigenvalue weighted by Crippen LogP contribution is -2.38. The van der Waals surface area contributed by atoms with E-state index in [-0.39, 0.29) is 12.1 Å². The molecule has 0 aliphatic heterocycles. The summed E-state index contributed by atoms with van der Waals surface area (Å²) in [5, 5.41) is 14.4. The maximum Gasteiger partial charge on any atom is 0.315 e. The number of hydrogen-bond donors (Lipinski definition) is 2. The number of carbonyl (C=O) groups excluding carboxylic acids is 1. The monoisotopic (exact) mass is 355 g/mol. The third-order valence-electron chi connectivity index (χ3n) is 3.86. The van der Waals surface area contributed by atoms with Crippen LogP contribution in [-0.2, 0) is 6.54 Å². The normalized spacial score (nSPS) is 12.0. The predicted molar refractivity (Wildman–Crippen MR) is 101 cm³/mol. The van der Waals surface area contributed by atoms with Gasteiger partial charge in [-0.1, -0.05) is 36.4 Å². The van der Waals surface area contributed by atoms with Gasteiger partial charge in [0.15, 0.2) is 11.5 Å². The Morgan fingerprint density at radius 2 is 1.96 bits per heavy atom. The number of rotatable bonds is 7. The number of urea groups is 1. The van der Waals surface area contributed by atoms with Crippen molar-refractivity contribution in [2.24, 2.45) is 0 Å². The fraction of sp³-hybridized carbons (Fsp3) is 0.278. The third-order valence-corrected chi connectivity index (χ3v) is 4.51.